The van der Waals surface area contributed by atoms with Crippen LogP contribution in [0.3, 0.4) is 0 Å². The summed E-state index contributed by atoms with van der Waals surface area (Å²) in [6.45, 7) is 6.80. The monoisotopic (exact) mass is 318 g/mol. The van der Waals surface area contributed by atoms with Gasteiger partial charge in [-0.1, -0.05) is 12.5 Å². The van der Waals surface area contributed by atoms with Gasteiger partial charge in [-0.25, -0.2) is 0 Å². The maximum absolute atomic E-state index is 10.1. The van der Waals surface area contributed by atoms with Crippen LogP contribution in [0.2, 0.25) is 0 Å². The lowest BCUT2D eigenvalue weighted by Gasteiger charge is -2.53. The highest BCUT2D eigenvalue weighted by Crippen LogP contribution is 2.65. The highest BCUT2D eigenvalue weighted by atomic mass is 16.3. The summed E-state index contributed by atoms with van der Waals surface area (Å²) >= 11 is 0. The molecule has 0 spiro atoms. The van der Waals surface area contributed by atoms with E-state index in [0.29, 0.717) is 5.41 Å². The van der Waals surface area contributed by atoms with Crippen LogP contribution >= 0.6 is 0 Å². The first-order chi connectivity index (χ1) is 10.9. The third kappa shape index (κ3) is 2.35. The van der Waals surface area contributed by atoms with Gasteiger partial charge in [0.15, 0.2) is 0 Å². The van der Waals surface area contributed by atoms with Gasteiger partial charge in [0.25, 0.3) is 0 Å². The molecule has 2 nitrogen and oxygen atoms in total. The Hall–Kier alpha value is -0.340. The van der Waals surface area contributed by atoms with Crippen molar-refractivity contribution in [3.8, 4) is 0 Å². The van der Waals surface area contributed by atoms with Crippen molar-refractivity contribution in [1.29, 1.82) is 0 Å². The van der Waals surface area contributed by atoms with E-state index in [2.05, 4.69) is 13.8 Å². The fourth-order valence-corrected chi connectivity index (χ4v) is 7.33. The molecule has 0 bridgehead atoms. The second-order valence-corrected chi connectivity index (χ2v) is 9.41. The van der Waals surface area contributed by atoms with Crippen molar-refractivity contribution in [2.45, 2.75) is 84.3 Å². The summed E-state index contributed by atoms with van der Waals surface area (Å²) in [6.07, 6.45) is 9.47. The molecule has 4 rings (SSSR count). The minimum absolute atomic E-state index is 0.0446. The first-order valence-electron chi connectivity index (χ1n) is 9.97. The molecule has 3 fully saturated rings. The molecule has 0 aromatic rings. The van der Waals surface area contributed by atoms with Crippen molar-refractivity contribution in [1.82, 2.24) is 0 Å². The molecular formula is C21H34O2. The Morgan fingerprint density at radius 3 is 2.61 bits per heavy atom. The van der Waals surface area contributed by atoms with Gasteiger partial charge in [0.1, 0.15) is 0 Å². The van der Waals surface area contributed by atoms with Crippen molar-refractivity contribution in [2.24, 2.45) is 35.0 Å². The Morgan fingerprint density at radius 2 is 1.87 bits per heavy atom. The van der Waals surface area contributed by atoms with Gasteiger partial charge in [-0.15, -0.1) is 0 Å². The quantitative estimate of drug-likeness (QED) is 0.707. The second-order valence-electron chi connectivity index (χ2n) is 9.41. The Morgan fingerprint density at radius 1 is 1.09 bits per heavy atom. The van der Waals surface area contributed by atoms with E-state index in [1.807, 2.05) is 6.92 Å². The summed E-state index contributed by atoms with van der Waals surface area (Å²) in [5, 5.41) is 20.2. The van der Waals surface area contributed by atoms with E-state index >= 15 is 0 Å². The molecule has 8 atom stereocenters. The standard InChI is InChI=1S/C21H34O2/c1-12-16(13(2)22)6-7-17-18-5-4-14-10-15(23)8-9-21(14,3)20(18)11-19(12)17/h13-15,17-20,22-23H,4-11H2,1-3H3. The van der Waals surface area contributed by atoms with Gasteiger partial charge in [0, 0.05) is 0 Å². The largest absolute Gasteiger partial charge is 0.393 e. The lowest BCUT2D eigenvalue weighted by atomic mass is 9.52. The molecule has 3 saturated carbocycles. The molecule has 8 unspecified atom stereocenters. The van der Waals surface area contributed by atoms with Crippen molar-refractivity contribution in [2.75, 3.05) is 0 Å². The molecule has 0 aromatic carbocycles. The van der Waals surface area contributed by atoms with Crippen molar-refractivity contribution >= 4 is 0 Å². The molecule has 4 aliphatic carbocycles. The minimum Gasteiger partial charge on any atom is -0.393 e. The minimum atomic E-state index is -0.258. The van der Waals surface area contributed by atoms with Crippen LogP contribution in [0.1, 0.15) is 72.1 Å². The van der Waals surface area contributed by atoms with E-state index in [1.54, 1.807) is 0 Å². The molecule has 0 amide bonds. The van der Waals surface area contributed by atoms with Gasteiger partial charge in [-0.05, 0) is 106 Å². The van der Waals surface area contributed by atoms with Crippen LogP contribution in [-0.4, -0.2) is 22.4 Å². The summed E-state index contributed by atoms with van der Waals surface area (Å²) in [7, 11) is 0. The van der Waals surface area contributed by atoms with Crippen LogP contribution in [0.25, 0.3) is 0 Å². The molecule has 0 aliphatic heterocycles. The van der Waals surface area contributed by atoms with E-state index in [4.69, 9.17) is 0 Å². The first-order valence-corrected chi connectivity index (χ1v) is 9.97. The van der Waals surface area contributed by atoms with Crippen LogP contribution in [0.5, 0.6) is 0 Å². The predicted molar refractivity (Wildman–Crippen MR) is 92.9 cm³/mol. The van der Waals surface area contributed by atoms with Crippen LogP contribution in [0.15, 0.2) is 11.1 Å². The SMILES string of the molecule is CC1=C(C(C)O)CCC2C1CC1C2CCC2CC(O)CCC21C. The summed E-state index contributed by atoms with van der Waals surface area (Å²) in [4.78, 5) is 0. The lowest BCUT2D eigenvalue weighted by Crippen LogP contribution is -2.47. The molecular weight excluding hydrogens is 284 g/mol. The third-order valence-electron chi connectivity index (χ3n) is 8.61. The van der Waals surface area contributed by atoms with Crippen LogP contribution in [0, 0.1) is 35.0 Å². The third-order valence-corrected chi connectivity index (χ3v) is 8.61. The summed E-state index contributed by atoms with van der Waals surface area (Å²) in [6, 6.07) is 0. The van der Waals surface area contributed by atoms with E-state index in [1.165, 1.54) is 43.3 Å². The van der Waals surface area contributed by atoms with E-state index < -0.39 is 0 Å². The number of fused-ring (bicyclic) bond motifs is 5. The van der Waals surface area contributed by atoms with E-state index in [0.717, 1.165) is 48.9 Å². The fourth-order valence-electron chi connectivity index (χ4n) is 7.33. The Kier molecular flexibility index (Phi) is 3.93. The number of hydrogen-bond acceptors (Lipinski definition) is 2. The number of aliphatic hydroxyl groups excluding tert-OH is 2. The zero-order valence-corrected chi connectivity index (χ0v) is 15.1. The van der Waals surface area contributed by atoms with Crippen molar-refractivity contribution in [3.05, 3.63) is 11.1 Å². The molecule has 130 valence electrons. The number of aliphatic hydroxyl groups is 2. The zero-order valence-electron chi connectivity index (χ0n) is 15.1. The van der Waals surface area contributed by atoms with Crippen molar-refractivity contribution in [3.63, 3.8) is 0 Å². The maximum atomic E-state index is 10.1. The average Bonchev–Trinajstić information content (AvgIpc) is 2.89. The van der Waals surface area contributed by atoms with Gasteiger partial charge in [-0.2, -0.15) is 0 Å². The molecule has 2 N–H and O–H groups in total. The van der Waals surface area contributed by atoms with Crippen LogP contribution in [0.4, 0.5) is 0 Å². The summed E-state index contributed by atoms with van der Waals surface area (Å²) in [5.74, 6) is 4.10. The molecule has 2 heteroatoms. The second kappa shape index (κ2) is 5.59. The first kappa shape index (κ1) is 16.1. The Balaban J connectivity index is 1.63. The number of allylic oxidation sites excluding steroid dienone is 1. The highest BCUT2D eigenvalue weighted by molar-refractivity contribution is 5.25. The average molecular weight is 319 g/mol. The molecule has 0 saturated heterocycles. The van der Waals surface area contributed by atoms with Gasteiger partial charge in [0.05, 0.1) is 12.2 Å². The summed E-state index contributed by atoms with van der Waals surface area (Å²) < 4.78 is 0. The van der Waals surface area contributed by atoms with Crippen LogP contribution < -0.4 is 0 Å². The van der Waals surface area contributed by atoms with Gasteiger partial charge >= 0.3 is 0 Å². The predicted octanol–water partition coefficient (Wildman–Crippen LogP) is 4.31. The zero-order chi connectivity index (χ0) is 16.4. The Bertz CT molecular complexity index is 508. The normalized spacial score (nSPS) is 51.0. The molecule has 0 radical (unpaired) electrons. The molecule has 4 aliphatic rings. The maximum Gasteiger partial charge on any atom is 0.0724 e. The highest BCUT2D eigenvalue weighted by Gasteiger charge is 2.57. The van der Waals surface area contributed by atoms with Crippen molar-refractivity contribution < 1.29 is 10.2 Å². The molecule has 0 heterocycles. The number of hydrogen-bond donors (Lipinski definition) is 2. The topological polar surface area (TPSA) is 40.5 Å². The smallest absolute Gasteiger partial charge is 0.0724 e. The van der Waals surface area contributed by atoms with E-state index in [-0.39, 0.29) is 12.2 Å². The van der Waals surface area contributed by atoms with Crippen LogP contribution in [-0.2, 0) is 0 Å². The molecule has 23 heavy (non-hydrogen) atoms. The lowest BCUT2D eigenvalue weighted by molar-refractivity contribution is -0.0671. The van der Waals surface area contributed by atoms with E-state index in [9.17, 15) is 10.2 Å². The van der Waals surface area contributed by atoms with Gasteiger partial charge < -0.3 is 10.2 Å². The molecule has 0 aromatic heterocycles. The number of rotatable bonds is 1. The fraction of sp³-hybridized carbons (Fsp3) is 0.905. The summed E-state index contributed by atoms with van der Waals surface area (Å²) in [5.41, 5.74) is 3.33. The van der Waals surface area contributed by atoms with Gasteiger partial charge in [0.2, 0.25) is 0 Å². The van der Waals surface area contributed by atoms with Gasteiger partial charge in [-0.3, -0.25) is 0 Å². The Labute approximate surface area is 141 Å².